The molecular weight excluding hydrogens is 186 g/mol. The fourth-order valence-electron chi connectivity index (χ4n) is 0.993. The standard InChI is InChI=1S/C9H13NO2S/c1-6-4-5-8(13-6)7(2)10-9(11)12-3/h4-5,7H,1-3H3,(H,10,11). The number of alkyl carbamates (subject to hydrolysis) is 1. The Kier molecular flexibility index (Phi) is 3.31. The number of aryl methyl sites for hydroxylation is 1. The topological polar surface area (TPSA) is 38.3 Å². The second-order valence-electron chi connectivity index (χ2n) is 2.81. The van der Waals surface area contributed by atoms with E-state index in [0.717, 1.165) is 4.88 Å². The van der Waals surface area contributed by atoms with E-state index >= 15 is 0 Å². The van der Waals surface area contributed by atoms with E-state index in [2.05, 4.69) is 10.1 Å². The smallest absolute Gasteiger partial charge is 0.407 e. The molecule has 1 heterocycles. The summed E-state index contributed by atoms with van der Waals surface area (Å²) < 4.78 is 4.50. The largest absolute Gasteiger partial charge is 0.453 e. The monoisotopic (exact) mass is 199 g/mol. The van der Waals surface area contributed by atoms with Gasteiger partial charge in [-0.2, -0.15) is 0 Å². The Morgan fingerprint density at radius 2 is 2.31 bits per heavy atom. The van der Waals surface area contributed by atoms with Crippen LogP contribution in [0.3, 0.4) is 0 Å². The van der Waals surface area contributed by atoms with Crippen molar-refractivity contribution in [2.45, 2.75) is 19.9 Å². The van der Waals surface area contributed by atoms with Crippen molar-refractivity contribution in [3.8, 4) is 0 Å². The zero-order valence-electron chi connectivity index (χ0n) is 7.96. The van der Waals surface area contributed by atoms with Gasteiger partial charge in [0, 0.05) is 9.75 Å². The molecule has 0 fully saturated rings. The van der Waals surface area contributed by atoms with Gasteiger partial charge in [-0.1, -0.05) is 0 Å². The summed E-state index contributed by atoms with van der Waals surface area (Å²) in [6.07, 6.45) is -0.390. The Morgan fingerprint density at radius 1 is 1.62 bits per heavy atom. The van der Waals surface area contributed by atoms with Crippen LogP contribution < -0.4 is 5.32 Å². The number of rotatable bonds is 2. The molecule has 0 saturated carbocycles. The van der Waals surface area contributed by atoms with Gasteiger partial charge in [-0.25, -0.2) is 4.79 Å². The van der Waals surface area contributed by atoms with E-state index in [1.54, 1.807) is 11.3 Å². The Balaban J connectivity index is 2.58. The molecule has 1 rings (SSSR count). The highest BCUT2D eigenvalue weighted by atomic mass is 32.1. The lowest BCUT2D eigenvalue weighted by molar-refractivity contribution is 0.167. The molecule has 0 saturated heterocycles. The highest BCUT2D eigenvalue weighted by molar-refractivity contribution is 7.12. The maximum atomic E-state index is 10.9. The number of amides is 1. The molecule has 0 spiro atoms. The van der Waals surface area contributed by atoms with Gasteiger partial charge in [0.15, 0.2) is 0 Å². The second kappa shape index (κ2) is 4.28. The Morgan fingerprint density at radius 3 is 2.77 bits per heavy atom. The molecule has 0 aliphatic carbocycles. The Bertz CT molecular complexity index is 296. The number of thiophene rings is 1. The molecule has 1 aromatic heterocycles. The number of ether oxygens (including phenoxy) is 1. The van der Waals surface area contributed by atoms with E-state index in [1.165, 1.54) is 12.0 Å². The van der Waals surface area contributed by atoms with E-state index in [-0.39, 0.29) is 6.04 Å². The number of methoxy groups -OCH3 is 1. The summed E-state index contributed by atoms with van der Waals surface area (Å²) in [7, 11) is 1.36. The van der Waals surface area contributed by atoms with E-state index in [0.29, 0.717) is 0 Å². The minimum absolute atomic E-state index is 0.0196. The number of carbonyl (C=O) groups is 1. The molecule has 0 aromatic carbocycles. The van der Waals surface area contributed by atoms with Gasteiger partial charge in [0.1, 0.15) is 0 Å². The zero-order valence-corrected chi connectivity index (χ0v) is 8.77. The molecule has 4 heteroatoms. The lowest BCUT2D eigenvalue weighted by atomic mass is 10.3. The first-order valence-electron chi connectivity index (χ1n) is 4.04. The summed E-state index contributed by atoms with van der Waals surface area (Å²) in [5, 5.41) is 2.71. The van der Waals surface area contributed by atoms with Crippen LogP contribution in [0.1, 0.15) is 22.7 Å². The molecule has 1 atom stereocenters. The molecule has 1 unspecified atom stereocenters. The van der Waals surface area contributed by atoms with E-state index in [4.69, 9.17) is 0 Å². The van der Waals surface area contributed by atoms with E-state index in [9.17, 15) is 4.79 Å². The van der Waals surface area contributed by atoms with Crippen molar-refractivity contribution in [1.29, 1.82) is 0 Å². The van der Waals surface area contributed by atoms with Gasteiger partial charge in [-0.3, -0.25) is 0 Å². The SMILES string of the molecule is COC(=O)NC(C)c1ccc(C)s1. The van der Waals surface area contributed by atoms with Crippen LogP contribution in [0.25, 0.3) is 0 Å². The van der Waals surface area contributed by atoms with Crippen LogP contribution in [0.2, 0.25) is 0 Å². The highest BCUT2D eigenvalue weighted by Crippen LogP contribution is 2.22. The summed E-state index contributed by atoms with van der Waals surface area (Å²) in [6.45, 7) is 3.97. The Labute approximate surface area is 81.7 Å². The average Bonchev–Trinajstić information content (AvgIpc) is 2.51. The first-order valence-corrected chi connectivity index (χ1v) is 4.86. The van der Waals surface area contributed by atoms with Crippen molar-refractivity contribution in [1.82, 2.24) is 5.32 Å². The van der Waals surface area contributed by atoms with Crippen LogP contribution in [0.5, 0.6) is 0 Å². The first kappa shape index (κ1) is 10.1. The van der Waals surface area contributed by atoms with E-state index in [1.807, 2.05) is 26.0 Å². The number of hydrogen-bond acceptors (Lipinski definition) is 3. The van der Waals surface area contributed by atoms with Crippen LogP contribution in [0, 0.1) is 6.92 Å². The van der Waals surface area contributed by atoms with Gasteiger partial charge in [-0.05, 0) is 26.0 Å². The molecule has 3 nitrogen and oxygen atoms in total. The molecule has 0 aliphatic rings. The van der Waals surface area contributed by atoms with Gasteiger partial charge >= 0.3 is 6.09 Å². The first-order chi connectivity index (χ1) is 6.13. The second-order valence-corrected chi connectivity index (χ2v) is 4.13. The van der Waals surface area contributed by atoms with Gasteiger partial charge < -0.3 is 10.1 Å². The van der Waals surface area contributed by atoms with Crippen molar-refractivity contribution in [2.75, 3.05) is 7.11 Å². The van der Waals surface area contributed by atoms with Crippen molar-refractivity contribution in [2.24, 2.45) is 0 Å². The summed E-state index contributed by atoms with van der Waals surface area (Å²) >= 11 is 1.68. The minimum atomic E-state index is -0.390. The molecule has 13 heavy (non-hydrogen) atoms. The molecule has 72 valence electrons. The maximum Gasteiger partial charge on any atom is 0.407 e. The molecule has 1 N–H and O–H groups in total. The third-order valence-electron chi connectivity index (χ3n) is 1.71. The summed E-state index contributed by atoms with van der Waals surface area (Å²) in [6, 6.07) is 4.07. The van der Waals surface area contributed by atoms with Gasteiger partial charge in [0.2, 0.25) is 0 Å². The lowest BCUT2D eigenvalue weighted by Gasteiger charge is -2.10. The number of hydrogen-bond donors (Lipinski definition) is 1. The summed E-state index contributed by atoms with van der Waals surface area (Å²) in [4.78, 5) is 13.3. The quantitative estimate of drug-likeness (QED) is 0.794. The normalized spacial score (nSPS) is 12.2. The number of nitrogens with one attached hydrogen (secondary N) is 1. The predicted octanol–water partition coefficient (Wildman–Crippen LogP) is 2.47. The van der Waals surface area contributed by atoms with E-state index < -0.39 is 6.09 Å². The fraction of sp³-hybridized carbons (Fsp3) is 0.444. The zero-order chi connectivity index (χ0) is 9.84. The summed E-state index contributed by atoms with van der Waals surface area (Å²) in [5.41, 5.74) is 0. The lowest BCUT2D eigenvalue weighted by Crippen LogP contribution is -2.25. The van der Waals surface area contributed by atoms with Crippen molar-refractivity contribution >= 4 is 17.4 Å². The van der Waals surface area contributed by atoms with Crippen LogP contribution in [0.4, 0.5) is 4.79 Å². The van der Waals surface area contributed by atoms with Crippen LogP contribution in [-0.2, 0) is 4.74 Å². The van der Waals surface area contributed by atoms with Crippen LogP contribution in [0.15, 0.2) is 12.1 Å². The third kappa shape index (κ3) is 2.73. The molecule has 0 aliphatic heterocycles. The van der Waals surface area contributed by atoms with Crippen molar-refractivity contribution in [3.63, 3.8) is 0 Å². The van der Waals surface area contributed by atoms with Gasteiger partial charge in [0.25, 0.3) is 0 Å². The van der Waals surface area contributed by atoms with Crippen LogP contribution >= 0.6 is 11.3 Å². The maximum absolute atomic E-state index is 10.9. The molecule has 1 aromatic rings. The molecule has 0 radical (unpaired) electrons. The Hall–Kier alpha value is -1.03. The average molecular weight is 199 g/mol. The van der Waals surface area contributed by atoms with Crippen molar-refractivity contribution < 1.29 is 9.53 Å². The predicted molar refractivity (Wildman–Crippen MR) is 53.0 cm³/mol. The number of carbonyl (C=O) groups excluding carboxylic acids is 1. The molecular formula is C9H13NO2S. The minimum Gasteiger partial charge on any atom is -0.453 e. The van der Waals surface area contributed by atoms with Gasteiger partial charge in [-0.15, -0.1) is 11.3 Å². The molecule has 1 amide bonds. The van der Waals surface area contributed by atoms with Crippen LogP contribution in [-0.4, -0.2) is 13.2 Å². The van der Waals surface area contributed by atoms with Crippen molar-refractivity contribution in [3.05, 3.63) is 21.9 Å². The fourth-order valence-corrected chi connectivity index (χ4v) is 1.87. The van der Waals surface area contributed by atoms with Gasteiger partial charge in [0.05, 0.1) is 13.2 Å². The highest BCUT2D eigenvalue weighted by Gasteiger charge is 2.10. The summed E-state index contributed by atoms with van der Waals surface area (Å²) in [5.74, 6) is 0. The third-order valence-corrected chi connectivity index (χ3v) is 2.89. The molecule has 0 bridgehead atoms.